The molecule has 2 aromatic rings. The average molecular weight is 303 g/mol. The van der Waals surface area contributed by atoms with Crippen LogP contribution in [-0.2, 0) is 10.2 Å². The lowest BCUT2D eigenvalue weighted by molar-refractivity contribution is -0.116. The van der Waals surface area contributed by atoms with Gasteiger partial charge in [-0.05, 0) is 17.4 Å². The van der Waals surface area contributed by atoms with Crippen LogP contribution in [0.3, 0.4) is 0 Å². The number of rotatable bonds is 4. The molecule has 1 aromatic carbocycles. The molecule has 0 fully saturated rings. The van der Waals surface area contributed by atoms with Gasteiger partial charge >= 0.3 is 0 Å². The van der Waals surface area contributed by atoms with E-state index in [1.165, 1.54) is 16.9 Å². The molecule has 5 heteroatoms. The van der Waals surface area contributed by atoms with E-state index in [1.54, 1.807) is 0 Å². The molecule has 1 N–H and O–H groups in total. The van der Waals surface area contributed by atoms with Gasteiger partial charge in [-0.25, -0.2) is 0 Å². The van der Waals surface area contributed by atoms with Crippen LogP contribution in [0.1, 0.15) is 46.1 Å². The first kappa shape index (κ1) is 15.6. The van der Waals surface area contributed by atoms with Crippen molar-refractivity contribution in [2.75, 3.05) is 5.32 Å². The number of amides is 1. The number of nitrogens with zero attached hydrogens (tertiary/aromatic N) is 2. The Hall–Kier alpha value is -1.75. The van der Waals surface area contributed by atoms with Gasteiger partial charge in [0.15, 0.2) is 0 Å². The van der Waals surface area contributed by atoms with Gasteiger partial charge in [0.05, 0.1) is 0 Å². The van der Waals surface area contributed by atoms with Crippen molar-refractivity contribution in [1.82, 2.24) is 10.2 Å². The van der Waals surface area contributed by atoms with Crippen LogP contribution < -0.4 is 5.32 Å². The summed E-state index contributed by atoms with van der Waals surface area (Å²) in [6, 6.07) is 8.34. The SMILES string of the molecule is CCCC(=O)Nc1nnc(-c2ccc(C(C)(C)C)cc2)s1. The van der Waals surface area contributed by atoms with Gasteiger partial charge < -0.3 is 5.32 Å². The molecule has 0 aliphatic heterocycles. The lowest BCUT2D eigenvalue weighted by atomic mass is 9.87. The summed E-state index contributed by atoms with van der Waals surface area (Å²) in [4.78, 5) is 11.5. The molecule has 112 valence electrons. The molecule has 0 spiro atoms. The van der Waals surface area contributed by atoms with Gasteiger partial charge in [-0.1, -0.05) is 63.3 Å². The Kier molecular flexibility index (Phi) is 4.73. The molecule has 1 amide bonds. The smallest absolute Gasteiger partial charge is 0.226 e. The highest BCUT2D eigenvalue weighted by Crippen LogP contribution is 2.29. The first-order valence-electron chi connectivity index (χ1n) is 7.14. The number of nitrogens with one attached hydrogen (secondary N) is 1. The Morgan fingerprint density at radius 1 is 1.19 bits per heavy atom. The van der Waals surface area contributed by atoms with E-state index >= 15 is 0 Å². The van der Waals surface area contributed by atoms with Crippen LogP contribution in [0.5, 0.6) is 0 Å². The maximum atomic E-state index is 11.5. The normalized spacial score (nSPS) is 11.4. The number of anilines is 1. The lowest BCUT2D eigenvalue weighted by Crippen LogP contribution is -2.10. The van der Waals surface area contributed by atoms with E-state index in [0.717, 1.165) is 17.0 Å². The van der Waals surface area contributed by atoms with Crippen LogP contribution in [0.2, 0.25) is 0 Å². The predicted molar refractivity (Wildman–Crippen MR) is 87.6 cm³/mol. The third-order valence-electron chi connectivity index (χ3n) is 3.15. The molecular formula is C16H21N3OS. The van der Waals surface area contributed by atoms with Crippen molar-refractivity contribution in [3.05, 3.63) is 29.8 Å². The van der Waals surface area contributed by atoms with Crippen LogP contribution >= 0.6 is 11.3 Å². The van der Waals surface area contributed by atoms with E-state index in [2.05, 4.69) is 60.6 Å². The molecule has 0 atom stereocenters. The zero-order valence-corrected chi connectivity index (χ0v) is 13.8. The number of carbonyl (C=O) groups is 1. The first-order valence-corrected chi connectivity index (χ1v) is 7.96. The molecule has 0 saturated carbocycles. The number of hydrogen-bond donors (Lipinski definition) is 1. The second-order valence-electron chi connectivity index (χ2n) is 6.04. The second-order valence-corrected chi connectivity index (χ2v) is 7.02. The molecular weight excluding hydrogens is 282 g/mol. The van der Waals surface area contributed by atoms with Gasteiger partial charge in [-0.2, -0.15) is 0 Å². The highest BCUT2D eigenvalue weighted by atomic mass is 32.1. The van der Waals surface area contributed by atoms with Crippen LogP contribution in [0.15, 0.2) is 24.3 Å². The molecule has 0 saturated heterocycles. The minimum atomic E-state index is -0.0109. The first-order chi connectivity index (χ1) is 9.90. The van der Waals surface area contributed by atoms with Crippen molar-refractivity contribution in [2.24, 2.45) is 0 Å². The minimum Gasteiger partial charge on any atom is -0.301 e. The fourth-order valence-corrected chi connectivity index (χ4v) is 2.68. The molecule has 0 unspecified atom stereocenters. The Morgan fingerprint density at radius 2 is 1.86 bits per heavy atom. The summed E-state index contributed by atoms with van der Waals surface area (Å²) in [6.45, 7) is 8.54. The Morgan fingerprint density at radius 3 is 2.43 bits per heavy atom. The molecule has 2 rings (SSSR count). The molecule has 0 radical (unpaired) electrons. The second kappa shape index (κ2) is 6.35. The van der Waals surface area contributed by atoms with Crippen molar-refractivity contribution in [1.29, 1.82) is 0 Å². The summed E-state index contributed by atoms with van der Waals surface area (Å²) in [7, 11) is 0. The van der Waals surface area contributed by atoms with Gasteiger partial charge in [0, 0.05) is 12.0 Å². The number of hydrogen-bond acceptors (Lipinski definition) is 4. The molecule has 21 heavy (non-hydrogen) atoms. The van der Waals surface area contributed by atoms with Crippen LogP contribution in [0.25, 0.3) is 10.6 Å². The predicted octanol–water partition coefficient (Wildman–Crippen LogP) is 4.24. The Bertz CT molecular complexity index is 611. The van der Waals surface area contributed by atoms with E-state index in [4.69, 9.17) is 0 Å². The summed E-state index contributed by atoms with van der Waals surface area (Å²) in [5.41, 5.74) is 2.45. The van der Waals surface area contributed by atoms with Gasteiger partial charge in [0.1, 0.15) is 5.01 Å². The quantitative estimate of drug-likeness (QED) is 0.919. The van der Waals surface area contributed by atoms with E-state index in [0.29, 0.717) is 11.6 Å². The summed E-state index contributed by atoms with van der Waals surface area (Å²) in [6.07, 6.45) is 1.33. The van der Waals surface area contributed by atoms with Gasteiger partial charge in [0.2, 0.25) is 11.0 Å². The maximum Gasteiger partial charge on any atom is 0.226 e. The standard InChI is InChI=1S/C16H21N3OS/c1-5-6-13(20)17-15-19-18-14(21-15)11-7-9-12(10-8-11)16(2,3)4/h7-10H,5-6H2,1-4H3,(H,17,19,20). The van der Waals surface area contributed by atoms with Gasteiger partial charge in [0.25, 0.3) is 0 Å². The molecule has 0 bridgehead atoms. The largest absolute Gasteiger partial charge is 0.301 e. The van der Waals surface area contributed by atoms with Gasteiger partial charge in [-0.3, -0.25) is 4.79 Å². The summed E-state index contributed by atoms with van der Waals surface area (Å²) in [5, 5.41) is 12.3. The monoisotopic (exact) mass is 303 g/mol. The number of benzene rings is 1. The van der Waals surface area contributed by atoms with E-state index in [9.17, 15) is 4.79 Å². The zero-order valence-electron chi connectivity index (χ0n) is 12.9. The van der Waals surface area contributed by atoms with Crippen LogP contribution in [-0.4, -0.2) is 16.1 Å². The van der Waals surface area contributed by atoms with Crippen LogP contribution in [0, 0.1) is 0 Å². The molecule has 0 aliphatic rings. The van der Waals surface area contributed by atoms with E-state index < -0.39 is 0 Å². The van der Waals surface area contributed by atoms with Crippen molar-refractivity contribution in [2.45, 2.75) is 46.0 Å². The van der Waals surface area contributed by atoms with Crippen molar-refractivity contribution >= 4 is 22.4 Å². The molecule has 4 nitrogen and oxygen atoms in total. The van der Waals surface area contributed by atoms with Crippen molar-refractivity contribution in [3.8, 4) is 10.6 Å². The minimum absolute atomic E-state index is 0.0109. The lowest BCUT2D eigenvalue weighted by Gasteiger charge is -2.18. The third kappa shape index (κ3) is 4.11. The average Bonchev–Trinajstić information content (AvgIpc) is 2.86. The summed E-state index contributed by atoms with van der Waals surface area (Å²) < 4.78 is 0. The highest BCUT2D eigenvalue weighted by molar-refractivity contribution is 7.18. The number of aromatic nitrogens is 2. The highest BCUT2D eigenvalue weighted by Gasteiger charge is 2.14. The zero-order chi connectivity index (χ0) is 15.5. The van der Waals surface area contributed by atoms with E-state index in [1.807, 2.05) is 6.92 Å². The molecule has 1 aromatic heterocycles. The summed E-state index contributed by atoms with van der Waals surface area (Å²) in [5.74, 6) is -0.0109. The topological polar surface area (TPSA) is 54.9 Å². The Labute approximate surface area is 129 Å². The maximum absolute atomic E-state index is 11.5. The third-order valence-corrected chi connectivity index (χ3v) is 4.03. The summed E-state index contributed by atoms with van der Waals surface area (Å²) >= 11 is 1.40. The van der Waals surface area contributed by atoms with Gasteiger partial charge in [-0.15, -0.1) is 10.2 Å². The molecule has 1 heterocycles. The van der Waals surface area contributed by atoms with Crippen molar-refractivity contribution in [3.63, 3.8) is 0 Å². The fourth-order valence-electron chi connectivity index (χ4n) is 1.91. The van der Waals surface area contributed by atoms with Crippen molar-refractivity contribution < 1.29 is 4.79 Å². The van der Waals surface area contributed by atoms with Crippen LogP contribution in [0.4, 0.5) is 5.13 Å². The van der Waals surface area contributed by atoms with E-state index in [-0.39, 0.29) is 11.3 Å². The number of carbonyl (C=O) groups excluding carboxylic acids is 1. The Balaban J connectivity index is 2.12. The molecule has 0 aliphatic carbocycles. The fraction of sp³-hybridized carbons (Fsp3) is 0.438.